The third kappa shape index (κ3) is 5.41. The summed E-state index contributed by atoms with van der Waals surface area (Å²) in [6.45, 7) is 0. The Balaban J connectivity index is 2.26. The van der Waals surface area contributed by atoms with Gasteiger partial charge >= 0.3 is 6.03 Å². The zero-order chi connectivity index (χ0) is 19.3. The van der Waals surface area contributed by atoms with Gasteiger partial charge in [-0.1, -0.05) is 0 Å². The molecule has 10 nitrogen and oxygen atoms in total. The fourth-order valence-corrected chi connectivity index (χ4v) is 3.24. The van der Waals surface area contributed by atoms with Crippen molar-refractivity contribution in [1.29, 1.82) is 0 Å². The number of amides is 3. The summed E-state index contributed by atoms with van der Waals surface area (Å²) in [7, 11) is -2.25. The van der Waals surface area contributed by atoms with Gasteiger partial charge in [0.05, 0.1) is 11.4 Å². The molecule has 0 unspecified atom stereocenters. The van der Waals surface area contributed by atoms with Crippen LogP contribution >= 0.6 is 0 Å². The number of carbonyl (C=O) groups is 2. The van der Waals surface area contributed by atoms with E-state index < -0.39 is 27.3 Å². The topological polar surface area (TPSA) is 170 Å². The second kappa shape index (κ2) is 7.78. The largest absolute Gasteiger partial charge is 0.384 e. The fourth-order valence-electron chi connectivity index (χ4n) is 2.11. The van der Waals surface area contributed by atoms with Crippen LogP contribution in [0.2, 0.25) is 0 Å². The SMILES string of the molecule is CNC(=O)Nc1ccc(-c2nc(N)cc(CS(=O)(=O)CC(N)=O)n2)cc1. The summed E-state index contributed by atoms with van der Waals surface area (Å²) in [5.41, 5.74) is 11.9. The molecule has 1 aromatic carbocycles. The molecule has 3 amide bonds. The fraction of sp³-hybridized carbons (Fsp3) is 0.200. The average molecular weight is 378 g/mol. The van der Waals surface area contributed by atoms with Crippen LogP contribution in [0.15, 0.2) is 30.3 Å². The van der Waals surface area contributed by atoms with Crippen LogP contribution in [0, 0.1) is 0 Å². The highest BCUT2D eigenvalue weighted by molar-refractivity contribution is 7.91. The monoisotopic (exact) mass is 378 g/mol. The minimum atomic E-state index is -3.75. The molecular formula is C15H18N6O4S. The van der Waals surface area contributed by atoms with Crippen LogP contribution in [0.4, 0.5) is 16.3 Å². The van der Waals surface area contributed by atoms with Gasteiger partial charge < -0.3 is 22.1 Å². The van der Waals surface area contributed by atoms with E-state index in [1.165, 1.54) is 13.1 Å². The lowest BCUT2D eigenvalue weighted by atomic mass is 10.2. The number of nitrogen functional groups attached to an aromatic ring is 1. The number of anilines is 2. The highest BCUT2D eigenvalue weighted by Gasteiger charge is 2.17. The van der Waals surface area contributed by atoms with Gasteiger partial charge in [0.1, 0.15) is 11.6 Å². The summed E-state index contributed by atoms with van der Waals surface area (Å²) >= 11 is 0. The maximum atomic E-state index is 11.9. The Kier molecular flexibility index (Phi) is 5.72. The predicted molar refractivity (Wildman–Crippen MR) is 96.6 cm³/mol. The molecular weight excluding hydrogens is 360 g/mol. The van der Waals surface area contributed by atoms with Crippen molar-refractivity contribution in [2.75, 3.05) is 23.9 Å². The van der Waals surface area contributed by atoms with Crippen LogP contribution in [0.5, 0.6) is 0 Å². The number of nitrogens with zero attached hydrogens (tertiary/aromatic N) is 2. The Morgan fingerprint density at radius 3 is 2.38 bits per heavy atom. The normalized spacial score (nSPS) is 11.0. The van der Waals surface area contributed by atoms with E-state index in [4.69, 9.17) is 11.5 Å². The van der Waals surface area contributed by atoms with Crippen LogP contribution in [0.25, 0.3) is 11.4 Å². The third-order valence-electron chi connectivity index (χ3n) is 3.16. The van der Waals surface area contributed by atoms with E-state index in [0.29, 0.717) is 11.3 Å². The molecule has 0 saturated heterocycles. The number of hydrogen-bond acceptors (Lipinski definition) is 7. The van der Waals surface area contributed by atoms with E-state index >= 15 is 0 Å². The minimum absolute atomic E-state index is 0.0897. The summed E-state index contributed by atoms with van der Waals surface area (Å²) in [6, 6.07) is 7.55. The van der Waals surface area contributed by atoms with Gasteiger partial charge in [-0.25, -0.2) is 23.2 Å². The zero-order valence-corrected chi connectivity index (χ0v) is 14.7. The molecule has 1 heterocycles. The van der Waals surface area contributed by atoms with E-state index in [-0.39, 0.29) is 23.4 Å². The number of sulfone groups is 1. The Morgan fingerprint density at radius 2 is 1.81 bits per heavy atom. The molecule has 0 fully saturated rings. The second-order valence-electron chi connectivity index (χ2n) is 5.39. The number of carbonyl (C=O) groups excluding carboxylic acids is 2. The number of aromatic nitrogens is 2. The minimum Gasteiger partial charge on any atom is -0.384 e. The molecule has 26 heavy (non-hydrogen) atoms. The van der Waals surface area contributed by atoms with Crippen molar-refractivity contribution in [2.24, 2.45) is 5.73 Å². The molecule has 1 aromatic heterocycles. The molecule has 0 aliphatic carbocycles. The van der Waals surface area contributed by atoms with Crippen molar-refractivity contribution in [1.82, 2.24) is 15.3 Å². The Hall–Kier alpha value is -3.21. The molecule has 2 aromatic rings. The summed E-state index contributed by atoms with van der Waals surface area (Å²) < 4.78 is 23.8. The maximum Gasteiger partial charge on any atom is 0.318 e. The zero-order valence-electron chi connectivity index (χ0n) is 13.9. The molecule has 0 bridgehead atoms. The maximum absolute atomic E-state index is 11.9. The average Bonchev–Trinajstić information content (AvgIpc) is 2.53. The Bertz CT molecular complexity index is 928. The quantitative estimate of drug-likeness (QED) is 0.542. The highest BCUT2D eigenvalue weighted by Crippen LogP contribution is 2.20. The molecule has 11 heteroatoms. The molecule has 6 N–H and O–H groups in total. The van der Waals surface area contributed by atoms with Crippen molar-refractivity contribution in [3.05, 3.63) is 36.0 Å². The molecule has 0 aliphatic rings. The molecule has 0 aliphatic heterocycles. The first-order chi connectivity index (χ1) is 12.2. The molecule has 138 valence electrons. The van der Waals surface area contributed by atoms with Gasteiger partial charge in [-0.05, 0) is 24.3 Å². The first-order valence-corrected chi connectivity index (χ1v) is 9.22. The van der Waals surface area contributed by atoms with Gasteiger partial charge in [-0.3, -0.25) is 4.79 Å². The highest BCUT2D eigenvalue weighted by atomic mass is 32.2. The van der Waals surface area contributed by atoms with Gasteiger partial charge in [0.2, 0.25) is 5.91 Å². The predicted octanol–water partition coefficient (Wildman–Crippen LogP) is -0.123. The molecule has 2 rings (SSSR count). The van der Waals surface area contributed by atoms with Crippen LogP contribution < -0.4 is 22.1 Å². The first kappa shape index (κ1) is 19.1. The Labute approximate surface area is 149 Å². The number of primary amides is 1. The lowest BCUT2D eigenvalue weighted by Crippen LogP contribution is -2.24. The first-order valence-electron chi connectivity index (χ1n) is 7.40. The number of nitrogens with two attached hydrogens (primary N) is 2. The summed E-state index contributed by atoms with van der Waals surface area (Å²) in [5.74, 6) is -1.88. The van der Waals surface area contributed by atoms with E-state index in [2.05, 4.69) is 20.6 Å². The third-order valence-corrected chi connectivity index (χ3v) is 4.62. The molecule has 0 atom stereocenters. The lowest BCUT2D eigenvalue weighted by molar-refractivity contribution is -0.115. The smallest absolute Gasteiger partial charge is 0.318 e. The number of nitrogens with one attached hydrogen (secondary N) is 2. The van der Waals surface area contributed by atoms with E-state index in [9.17, 15) is 18.0 Å². The number of urea groups is 1. The Morgan fingerprint density at radius 1 is 1.15 bits per heavy atom. The van der Waals surface area contributed by atoms with Gasteiger partial charge in [-0.15, -0.1) is 0 Å². The van der Waals surface area contributed by atoms with Gasteiger partial charge in [0, 0.05) is 24.4 Å². The number of benzene rings is 1. The van der Waals surface area contributed by atoms with Crippen molar-refractivity contribution in [3.63, 3.8) is 0 Å². The standard InChI is InChI=1S/C15H18N6O4S/c1-18-15(23)20-10-4-2-9(3-5-10)14-19-11(6-12(16)21-14)7-26(24,25)8-13(17)22/h2-6H,7-8H2,1H3,(H2,17,22)(H2,16,19,21)(H2,18,20,23). The van der Waals surface area contributed by atoms with E-state index in [1.54, 1.807) is 24.3 Å². The van der Waals surface area contributed by atoms with Crippen molar-refractivity contribution in [2.45, 2.75) is 5.75 Å². The van der Waals surface area contributed by atoms with Gasteiger partial charge in [0.15, 0.2) is 15.7 Å². The van der Waals surface area contributed by atoms with Gasteiger partial charge in [-0.2, -0.15) is 0 Å². The summed E-state index contributed by atoms with van der Waals surface area (Å²) in [6.07, 6.45) is 0. The van der Waals surface area contributed by atoms with Crippen molar-refractivity contribution >= 4 is 33.3 Å². The number of rotatable bonds is 6. The van der Waals surface area contributed by atoms with Crippen LogP contribution in [-0.2, 0) is 20.4 Å². The van der Waals surface area contributed by atoms with E-state index in [1.807, 2.05) is 0 Å². The van der Waals surface area contributed by atoms with Crippen LogP contribution in [-0.4, -0.2) is 43.1 Å². The van der Waals surface area contributed by atoms with Crippen molar-refractivity contribution in [3.8, 4) is 11.4 Å². The van der Waals surface area contributed by atoms with Gasteiger partial charge in [0.25, 0.3) is 0 Å². The van der Waals surface area contributed by atoms with Crippen LogP contribution in [0.3, 0.4) is 0 Å². The summed E-state index contributed by atoms with van der Waals surface area (Å²) in [4.78, 5) is 30.4. The summed E-state index contributed by atoms with van der Waals surface area (Å²) in [5, 5.41) is 5.03. The lowest BCUT2D eigenvalue weighted by Gasteiger charge is -2.08. The molecule has 0 radical (unpaired) electrons. The molecule has 0 saturated carbocycles. The second-order valence-corrected chi connectivity index (χ2v) is 7.45. The number of hydrogen-bond donors (Lipinski definition) is 4. The van der Waals surface area contributed by atoms with E-state index in [0.717, 1.165) is 0 Å². The van der Waals surface area contributed by atoms with Crippen LogP contribution in [0.1, 0.15) is 5.69 Å². The van der Waals surface area contributed by atoms with Crippen molar-refractivity contribution < 1.29 is 18.0 Å². The molecule has 0 spiro atoms.